The van der Waals surface area contributed by atoms with Gasteiger partial charge in [-0.25, -0.2) is 4.79 Å². The lowest BCUT2D eigenvalue weighted by atomic mass is 9.98. The molecule has 3 N–H and O–H groups in total. The Kier molecular flexibility index (Phi) is 7.18. The summed E-state index contributed by atoms with van der Waals surface area (Å²) < 4.78 is 5.62. The van der Waals surface area contributed by atoms with Crippen LogP contribution in [-0.4, -0.2) is 63.9 Å². The highest BCUT2D eigenvalue weighted by Crippen LogP contribution is 2.36. The zero-order valence-electron chi connectivity index (χ0n) is 18.5. The molecule has 0 aliphatic carbocycles. The molecule has 166 valence electrons. The fraction of sp³-hybridized carbons (Fsp3) is 0.682. The summed E-state index contributed by atoms with van der Waals surface area (Å²) in [7, 11) is 0. The molecule has 3 rings (SSSR count). The second-order valence-corrected chi connectivity index (χ2v) is 9.10. The molecule has 2 bridgehead atoms. The lowest BCUT2D eigenvalue weighted by molar-refractivity contribution is 0.00544. The number of piperidine rings is 1. The van der Waals surface area contributed by atoms with E-state index in [1.165, 1.54) is 0 Å². The Bertz CT molecular complexity index is 720. The van der Waals surface area contributed by atoms with Crippen molar-refractivity contribution in [2.45, 2.75) is 83.2 Å². The first kappa shape index (κ1) is 22.3. The molecule has 8 nitrogen and oxygen atoms in total. The maximum Gasteiger partial charge on any atom is 0.410 e. The largest absolute Gasteiger partial charge is 0.444 e. The summed E-state index contributed by atoms with van der Waals surface area (Å²) in [6.45, 7) is 8.73. The highest BCUT2D eigenvalue weighted by molar-refractivity contribution is 5.80. The summed E-state index contributed by atoms with van der Waals surface area (Å²) in [4.78, 5) is 23.1. The number of hydrogen-bond donors (Lipinski definition) is 3. The average molecular weight is 418 g/mol. The van der Waals surface area contributed by atoms with Crippen LogP contribution < -0.4 is 10.6 Å². The fourth-order valence-corrected chi connectivity index (χ4v) is 4.29. The Morgan fingerprint density at radius 1 is 1.30 bits per heavy atom. The molecule has 0 spiro atoms. The zero-order valence-corrected chi connectivity index (χ0v) is 18.5. The van der Waals surface area contributed by atoms with Crippen molar-refractivity contribution in [3.05, 3.63) is 30.1 Å². The van der Waals surface area contributed by atoms with Crippen LogP contribution in [0, 0.1) is 0 Å². The number of rotatable bonds is 5. The summed E-state index contributed by atoms with van der Waals surface area (Å²) in [5.74, 6) is 0.695. The van der Waals surface area contributed by atoms with Gasteiger partial charge in [-0.1, -0.05) is 0 Å². The monoisotopic (exact) mass is 417 g/mol. The van der Waals surface area contributed by atoms with Crippen LogP contribution in [0.15, 0.2) is 29.5 Å². The molecule has 1 aromatic heterocycles. The third-order valence-electron chi connectivity index (χ3n) is 5.54. The number of aliphatic hydroxyl groups is 1. The number of fused-ring (bicyclic) bond motifs is 2. The average Bonchev–Trinajstić information content (AvgIpc) is 2.96. The minimum atomic E-state index is -0.673. The fourth-order valence-electron chi connectivity index (χ4n) is 4.29. The Hall–Kier alpha value is -2.35. The summed E-state index contributed by atoms with van der Waals surface area (Å²) >= 11 is 0. The molecule has 8 heteroatoms. The zero-order chi connectivity index (χ0) is 21.7. The molecule has 3 atom stereocenters. The number of aliphatic hydroxyl groups excluding tert-OH is 1. The van der Waals surface area contributed by atoms with Gasteiger partial charge < -0.3 is 25.4 Å². The summed E-state index contributed by atoms with van der Waals surface area (Å²) in [5, 5.41) is 17.1. The second kappa shape index (κ2) is 9.64. The number of carbonyl (C=O) groups excluding carboxylic acids is 1. The first-order chi connectivity index (χ1) is 14.3. The van der Waals surface area contributed by atoms with Crippen molar-refractivity contribution < 1.29 is 14.6 Å². The van der Waals surface area contributed by atoms with Crippen molar-refractivity contribution in [2.24, 2.45) is 4.99 Å². The maximum atomic E-state index is 12.6. The number of carbonyl (C=O) groups is 1. The molecule has 0 aromatic carbocycles. The van der Waals surface area contributed by atoms with E-state index in [1.807, 2.05) is 32.6 Å². The lowest BCUT2D eigenvalue weighted by Gasteiger charge is -2.40. The number of guanidine groups is 1. The van der Waals surface area contributed by atoms with Crippen LogP contribution in [0.5, 0.6) is 0 Å². The standard InChI is InChI=1S/C22H35N5O3/c1-5-24-20(25-14-19(28)15-8-10-23-11-9-15)26-16-12-17-6-7-18(13-16)27(17)21(29)30-22(2,3)4/h8-11,16-19,28H,5-7,12-14H2,1-4H3,(H2,24,25,26). The predicted molar refractivity (Wildman–Crippen MR) is 116 cm³/mol. The number of nitrogens with zero attached hydrogens (tertiary/aromatic N) is 3. The van der Waals surface area contributed by atoms with Gasteiger partial charge in [0.2, 0.25) is 0 Å². The molecule has 2 fully saturated rings. The van der Waals surface area contributed by atoms with E-state index in [0.29, 0.717) is 5.96 Å². The smallest absolute Gasteiger partial charge is 0.410 e. The number of ether oxygens (including phenoxy) is 1. The molecular formula is C22H35N5O3. The quantitative estimate of drug-likeness (QED) is 0.503. The molecule has 30 heavy (non-hydrogen) atoms. The first-order valence-corrected chi connectivity index (χ1v) is 10.9. The summed E-state index contributed by atoms with van der Waals surface area (Å²) in [5.41, 5.74) is 0.319. The molecule has 2 aliphatic heterocycles. The van der Waals surface area contributed by atoms with Gasteiger partial charge in [0.25, 0.3) is 0 Å². The van der Waals surface area contributed by atoms with Crippen LogP contribution in [0.4, 0.5) is 4.79 Å². The number of nitrogens with one attached hydrogen (secondary N) is 2. The maximum absolute atomic E-state index is 12.6. The van der Waals surface area contributed by atoms with Crippen LogP contribution >= 0.6 is 0 Å². The van der Waals surface area contributed by atoms with E-state index in [-0.39, 0.29) is 30.8 Å². The molecule has 2 saturated heterocycles. The number of aromatic nitrogens is 1. The topological polar surface area (TPSA) is 99.1 Å². The van der Waals surface area contributed by atoms with E-state index in [0.717, 1.165) is 37.8 Å². The van der Waals surface area contributed by atoms with Gasteiger partial charge in [-0.2, -0.15) is 0 Å². The number of aliphatic imine (C=N–C) groups is 1. The summed E-state index contributed by atoms with van der Waals surface area (Å²) in [6, 6.07) is 4.22. The van der Waals surface area contributed by atoms with Gasteiger partial charge in [-0.3, -0.25) is 9.98 Å². The Morgan fingerprint density at radius 2 is 1.93 bits per heavy atom. The number of hydrogen-bond acceptors (Lipinski definition) is 5. The SMILES string of the molecule is CCNC(=NCC(O)c1ccncc1)NC1CC2CCC(C1)N2C(=O)OC(C)(C)C. The van der Waals surface area contributed by atoms with Crippen molar-refractivity contribution in [3.63, 3.8) is 0 Å². The summed E-state index contributed by atoms with van der Waals surface area (Å²) in [6.07, 6.45) is 6.22. The molecule has 3 heterocycles. The van der Waals surface area contributed by atoms with Crippen molar-refractivity contribution in [3.8, 4) is 0 Å². The molecule has 1 amide bonds. The van der Waals surface area contributed by atoms with E-state index in [1.54, 1.807) is 24.5 Å². The van der Waals surface area contributed by atoms with Crippen LogP contribution in [0.25, 0.3) is 0 Å². The third-order valence-corrected chi connectivity index (χ3v) is 5.54. The van der Waals surface area contributed by atoms with Gasteiger partial charge in [0, 0.05) is 37.1 Å². The molecular weight excluding hydrogens is 382 g/mol. The Morgan fingerprint density at radius 3 is 2.50 bits per heavy atom. The Balaban J connectivity index is 1.59. The predicted octanol–water partition coefficient (Wildman–Crippen LogP) is 2.60. The van der Waals surface area contributed by atoms with Crippen molar-refractivity contribution >= 4 is 12.1 Å². The minimum Gasteiger partial charge on any atom is -0.444 e. The lowest BCUT2D eigenvalue weighted by Crippen LogP contribution is -2.55. The van der Waals surface area contributed by atoms with Gasteiger partial charge in [0.05, 0.1) is 12.6 Å². The molecule has 0 saturated carbocycles. The highest BCUT2D eigenvalue weighted by atomic mass is 16.6. The molecule has 3 unspecified atom stereocenters. The van der Waals surface area contributed by atoms with E-state index in [4.69, 9.17) is 4.74 Å². The van der Waals surface area contributed by atoms with Gasteiger partial charge >= 0.3 is 6.09 Å². The van der Waals surface area contributed by atoms with Gasteiger partial charge in [0.1, 0.15) is 5.60 Å². The van der Waals surface area contributed by atoms with Crippen molar-refractivity contribution in [2.75, 3.05) is 13.1 Å². The Labute approximate surface area is 179 Å². The van der Waals surface area contributed by atoms with E-state index in [9.17, 15) is 9.90 Å². The molecule has 2 aliphatic rings. The van der Waals surface area contributed by atoms with Gasteiger partial charge in [-0.05, 0) is 71.1 Å². The number of pyridine rings is 1. The van der Waals surface area contributed by atoms with Crippen LogP contribution in [-0.2, 0) is 4.74 Å². The van der Waals surface area contributed by atoms with Crippen LogP contribution in [0.3, 0.4) is 0 Å². The van der Waals surface area contributed by atoms with Crippen molar-refractivity contribution in [1.29, 1.82) is 0 Å². The van der Waals surface area contributed by atoms with E-state index < -0.39 is 11.7 Å². The normalized spacial score (nSPS) is 25.0. The molecule has 1 aromatic rings. The van der Waals surface area contributed by atoms with Crippen LogP contribution in [0.2, 0.25) is 0 Å². The van der Waals surface area contributed by atoms with Gasteiger partial charge in [-0.15, -0.1) is 0 Å². The number of amides is 1. The first-order valence-electron chi connectivity index (χ1n) is 10.9. The third kappa shape index (κ3) is 5.84. The van der Waals surface area contributed by atoms with Crippen LogP contribution in [0.1, 0.15) is 65.0 Å². The van der Waals surface area contributed by atoms with E-state index >= 15 is 0 Å². The van der Waals surface area contributed by atoms with Gasteiger partial charge in [0.15, 0.2) is 5.96 Å². The minimum absolute atomic E-state index is 0.196. The van der Waals surface area contributed by atoms with Crippen molar-refractivity contribution in [1.82, 2.24) is 20.5 Å². The van der Waals surface area contributed by atoms with E-state index in [2.05, 4.69) is 20.6 Å². The second-order valence-electron chi connectivity index (χ2n) is 9.10. The molecule has 0 radical (unpaired) electrons. The highest BCUT2D eigenvalue weighted by Gasteiger charge is 2.45.